The molecule has 0 spiro atoms. The Kier molecular flexibility index (Phi) is 4.15. The molecular formula is C11H12BrClN4. The van der Waals surface area contributed by atoms with Crippen LogP contribution in [0.1, 0.15) is 11.4 Å². The zero-order valence-electron chi connectivity index (χ0n) is 9.32. The van der Waals surface area contributed by atoms with Crippen LogP contribution in [-0.2, 0) is 13.1 Å². The van der Waals surface area contributed by atoms with Crippen molar-refractivity contribution in [1.82, 2.24) is 20.1 Å². The van der Waals surface area contributed by atoms with E-state index in [2.05, 4.69) is 31.3 Å². The van der Waals surface area contributed by atoms with E-state index in [1.165, 1.54) is 0 Å². The normalized spacial score (nSPS) is 10.8. The summed E-state index contributed by atoms with van der Waals surface area (Å²) in [6, 6.07) is 5.83. The summed E-state index contributed by atoms with van der Waals surface area (Å²) in [5.41, 5.74) is 1.03. The van der Waals surface area contributed by atoms with Crippen LogP contribution in [0.25, 0.3) is 0 Å². The number of halogens is 2. The van der Waals surface area contributed by atoms with Gasteiger partial charge in [0.05, 0.1) is 13.1 Å². The summed E-state index contributed by atoms with van der Waals surface area (Å²) < 4.78 is 2.81. The quantitative estimate of drug-likeness (QED) is 0.942. The maximum absolute atomic E-state index is 6.17. The van der Waals surface area contributed by atoms with Crippen molar-refractivity contribution < 1.29 is 0 Å². The largest absolute Gasteiger partial charge is 0.313 e. The van der Waals surface area contributed by atoms with Crippen molar-refractivity contribution >= 4 is 27.5 Å². The van der Waals surface area contributed by atoms with E-state index >= 15 is 0 Å². The maximum Gasteiger partial charge on any atom is 0.141 e. The van der Waals surface area contributed by atoms with Crippen LogP contribution in [0.3, 0.4) is 0 Å². The Morgan fingerprint density at radius 2 is 2.29 bits per heavy atom. The zero-order chi connectivity index (χ0) is 12.3. The van der Waals surface area contributed by atoms with Gasteiger partial charge in [-0.1, -0.05) is 33.6 Å². The Bertz CT molecular complexity index is 512. The fourth-order valence-electron chi connectivity index (χ4n) is 1.53. The Labute approximate surface area is 113 Å². The summed E-state index contributed by atoms with van der Waals surface area (Å²) in [6.45, 7) is 1.32. The Morgan fingerprint density at radius 1 is 1.47 bits per heavy atom. The van der Waals surface area contributed by atoms with Gasteiger partial charge in [0.2, 0.25) is 0 Å². The van der Waals surface area contributed by atoms with Gasteiger partial charge >= 0.3 is 0 Å². The first-order valence-corrected chi connectivity index (χ1v) is 6.33. The molecule has 0 aliphatic heterocycles. The molecule has 2 aromatic rings. The first-order valence-electron chi connectivity index (χ1n) is 5.16. The third-order valence-electron chi connectivity index (χ3n) is 2.37. The molecule has 0 fully saturated rings. The number of hydrogen-bond donors (Lipinski definition) is 1. The van der Waals surface area contributed by atoms with Gasteiger partial charge in [0.15, 0.2) is 0 Å². The molecule has 0 saturated heterocycles. The topological polar surface area (TPSA) is 42.7 Å². The van der Waals surface area contributed by atoms with Crippen molar-refractivity contribution in [2.24, 2.45) is 0 Å². The first-order chi connectivity index (χ1) is 8.20. The molecule has 90 valence electrons. The minimum absolute atomic E-state index is 0.628. The van der Waals surface area contributed by atoms with Crippen LogP contribution in [0.2, 0.25) is 5.02 Å². The molecule has 17 heavy (non-hydrogen) atoms. The highest BCUT2D eigenvalue weighted by molar-refractivity contribution is 9.10. The molecule has 2 rings (SSSR count). The van der Waals surface area contributed by atoms with E-state index in [4.69, 9.17) is 11.6 Å². The molecule has 6 heteroatoms. The van der Waals surface area contributed by atoms with Crippen LogP contribution in [0.15, 0.2) is 29.0 Å². The van der Waals surface area contributed by atoms with Crippen LogP contribution in [0.4, 0.5) is 0 Å². The van der Waals surface area contributed by atoms with Crippen LogP contribution < -0.4 is 5.32 Å². The van der Waals surface area contributed by atoms with Gasteiger partial charge in [-0.25, -0.2) is 9.67 Å². The standard InChI is InChI=1S/C11H12BrClN4/c1-14-5-11-15-7-16-17(11)6-8-2-3-9(12)4-10(8)13/h2-4,7,14H,5-6H2,1H3. The van der Waals surface area contributed by atoms with E-state index in [-0.39, 0.29) is 0 Å². The predicted octanol–water partition coefficient (Wildman–Crippen LogP) is 2.46. The van der Waals surface area contributed by atoms with E-state index in [0.717, 1.165) is 20.9 Å². The third kappa shape index (κ3) is 3.06. The lowest BCUT2D eigenvalue weighted by Crippen LogP contribution is -2.14. The maximum atomic E-state index is 6.17. The van der Waals surface area contributed by atoms with Gasteiger partial charge in [0, 0.05) is 9.50 Å². The van der Waals surface area contributed by atoms with Crippen molar-refractivity contribution in [3.05, 3.63) is 45.4 Å². The minimum atomic E-state index is 0.628. The third-order valence-corrected chi connectivity index (χ3v) is 3.21. The fourth-order valence-corrected chi connectivity index (χ4v) is 2.26. The van der Waals surface area contributed by atoms with E-state index < -0.39 is 0 Å². The highest BCUT2D eigenvalue weighted by Crippen LogP contribution is 2.22. The van der Waals surface area contributed by atoms with E-state index in [0.29, 0.717) is 13.1 Å². The van der Waals surface area contributed by atoms with Crippen molar-refractivity contribution in [2.75, 3.05) is 7.05 Å². The second-order valence-corrected chi connectivity index (χ2v) is 4.92. The van der Waals surface area contributed by atoms with Crippen molar-refractivity contribution in [1.29, 1.82) is 0 Å². The molecule has 1 aromatic carbocycles. The molecule has 0 aliphatic carbocycles. The Hall–Kier alpha value is -0.910. The monoisotopic (exact) mass is 314 g/mol. The SMILES string of the molecule is CNCc1ncnn1Cc1ccc(Br)cc1Cl. The smallest absolute Gasteiger partial charge is 0.141 e. The van der Waals surface area contributed by atoms with Gasteiger partial charge in [-0.2, -0.15) is 5.10 Å². The number of hydrogen-bond acceptors (Lipinski definition) is 3. The Morgan fingerprint density at radius 3 is 3.00 bits per heavy atom. The molecule has 0 bridgehead atoms. The summed E-state index contributed by atoms with van der Waals surface area (Å²) in [5, 5.41) is 7.97. The summed E-state index contributed by atoms with van der Waals surface area (Å²) in [6.07, 6.45) is 1.55. The lowest BCUT2D eigenvalue weighted by molar-refractivity contribution is 0.613. The molecule has 0 unspecified atom stereocenters. The molecule has 0 amide bonds. The van der Waals surface area contributed by atoms with E-state index in [1.54, 1.807) is 6.33 Å². The molecule has 1 aromatic heterocycles. The van der Waals surface area contributed by atoms with Crippen LogP contribution in [0, 0.1) is 0 Å². The summed E-state index contributed by atoms with van der Waals surface area (Å²) in [4.78, 5) is 4.19. The van der Waals surface area contributed by atoms with E-state index in [1.807, 2.05) is 29.9 Å². The molecule has 0 radical (unpaired) electrons. The van der Waals surface area contributed by atoms with Crippen molar-refractivity contribution in [3.63, 3.8) is 0 Å². The highest BCUT2D eigenvalue weighted by Gasteiger charge is 2.07. The molecule has 0 saturated carbocycles. The fraction of sp³-hybridized carbons (Fsp3) is 0.273. The molecule has 0 atom stereocenters. The number of benzene rings is 1. The molecule has 0 aliphatic rings. The van der Waals surface area contributed by atoms with Crippen LogP contribution >= 0.6 is 27.5 Å². The second-order valence-electron chi connectivity index (χ2n) is 3.60. The molecule has 1 N–H and O–H groups in total. The number of aromatic nitrogens is 3. The summed E-state index contributed by atoms with van der Waals surface area (Å²) in [5.74, 6) is 0.895. The van der Waals surface area contributed by atoms with Gasteiger partial charge in [0.1, 0.15) is 12.2 Å². The summed E-state index contributed by atoms with van der Waals surface area (Å²) in [7, 11) is 1.88. The predicted molar refractivity (Wildman–Crippen MR) is 71.0 cm³/mol. The number of nitrogens with zero attached hydrogens (tertiary/aromatic N) is 3. The number of nitrogens with one attached hydrogen (secondary N) is 1. The average Bonchev–Trinajstić information content (AvgIpc) is 2.71. The number of rotatable bonds is 4. The molecular weight excluding hydrogens is 304 g/mol. The van der Waals surface area contributed by atoms with Gasteiger partial charge < -0.3 is 5.32 Å². The first kappa shape index (κ1) is 12.5. The summed E-state index contributed by atoms with van der Waals surface area (Å²) >= 11 is 9.55. The van der Waals surface area contributed by atoms with Crippen LogP contribution in [-0.4, -0.2) is 21.8 Å². The minimum Gasteiger partial charge on any atom is -0.313 e. The van der Waals surface area contributed by atoms with Gasteiger partial charge in [-0.3, -0.25) is 0 Å². The average molecular weight is 316 g/mol. The highest BCUT2D eigenvalue weighted by atomic mass is 79.9. The van der Waals surface area contributed by atoms with Crippen molar-refractivity contribution in [2.45, 2.75) is 13.1 Å². The van der Waals surface area contributed by atoms with Gasteiger partial charge in [-0.05, 0) is 24.7 Å². The lowest BCUT2D eigenvalue weighted by atomic mass is 10.2. The van der Waals surface area contributed by atoms with Gasteiger partial charge in [-0.15, -0.1) is 0 Å². The lowest BCUT2D eigenvalue weighted by Gasteiger charge is -2.07. The van der Waals surface area contributed by atoms with Gasteiger partial charge in [0.25, 0.3) is 0 Å². The van der Waals surface area contributed by atoms with E-state index in [9.17, 15) is 0 Å². The van der Waals surface area contributed by atoms with Crippen molar-refractivity contribution in [3.8, 4) is 0 Å². The van der Waals surface area contributed by atoms with Crippen LogP contribution in [0.5, 0.6) is 0 Å². The second kappa shape index (κ2) is 5.62. The zero-order valence-corrected chi connectivity index (χ0v) is 11.7. The molecule has 4 nitrogen and oxygen atoms in total. The molecule has 1 heterocycles. The Balaban J connectivity index is 2.22.